The molecule has 0 spiro atoms. The van der Waals surface area contributed by atoms with Crippen molar-refractivity contribution < 1.29 is 19.4 Å². The zero-order valence-corrected chi connectivity index (χ0v) is 13.3. The number of pyridine rings is 1. The molecular weight excluding hydrogens is 282 g/mol. The minimum atomic E-state index is -0.934. The highest BCUT2D eigenvalue weighted by molar-refractivity contribution is 5.92. The number of hydrogen-bond donors (Lipinski definition) is 1. The van der Waals surface area contributed by atoms with Gasteiger partial charge in [0.1, 0.15) is 5.60 Å². The molecule has 1 aromatic rings. The maximum atomic E-state index is 11.5. The Hall–Kier alpha value is -2.43. The number of carboxylic acids is 1. The molecule has 0 saturated heterocycles. The fraction of sp³-hybridized carbons (Fsp3) is 0.353. The van der Waals surface area contributed by atoms with Gasteiger partial charge in [-0.25, -0.2) is 9.59 Å². The second-order valence-corrected chi connectivity index (χ2v) is 5.71. The number of rotatable bonds is 5. The van der Waals surface area contributed by atoms with E-state index in [9.17, 15) is 9.59 Å². The molecule has 0 atom stereocenters. The standard InChI is InChI=1S/C17H21NO4/c1-5-13(16(20)21)10-12-6-7-14(18-11-12)8-9-15(19)22-17(2,3)4/h6-11H,5H2,1-4H3,(H,20,21). The Bertz CT molecular complexity index is 592. The Morgan fingerprint density at radius 2 is 2.00 bits per heavy atom. The summed E-state index contributed by atoms with van der Waals surface area (Å²) in [5.74, 6) is -1.37. The van der Waals surface area contributed by atoms with Gasteiger partial charge in [-0.15, -0.1) is 0 Å². The molecule has 22 heavy (non-hydrogen) atoms. The van der Waals surface area contributed by atoms with Crippen molar-refractivity contribution in [3.05, 3.63) is 41.2 Å². The zero-order chi connectivity index (χ0) is 16.8. The van der Waals surface area contributed by atoms with Gasteiger partial charge in [-0.05, 0) is 51.0 Å². The van der Waals surface area contributed by atoms with E-state index in [0.717, 1.165) is 0 Å². The number of carbonyl (C=O) groups is 2. The van der Waals surface area contributed by atoms with Gasteiger partial charge in [-0.1, -0.05) is 13.0 Å². The maximum absolute atomic E-state index is 11.5. The van der Waals surface area contributed by atoms with Crippen LogP contribution in [0.25, 0.3) is 12.2 Å². The first-order valence-electron chi connectivity index (χ1n) is 7.02. The lowest BCUT2D eigenvalue weighted by molar-refractivity contribution is -0.148. The van der Waals surface area contributed by atoms with Crippen LogP contribution >= 0.6 is 0 Å². The predicted octanol–water partition coefficient (Wildman–Crippen LogP) is 3.31. The molecule has 1 rings (SSSR count). The molecule has 5 nitrogen and oxygen atoms in total. The largest absolute Gasteiger partial charge is 0.478 e. The summed E-state index contributed by atoms with van der Waals surface area (Å²) in [6.45, 7) is 7.18. The quantitative estimate of drug-likeness (QED) is 0.667. The summed E-state index contributed by atoms with van der Waals surface area (Å²) in [7, 11) is 0. The molecule has 0 saturated carbocycles. The van der Waals surface area contributed by atoms with E-state index < -0.39 is 17.5 Å². The molecule has 1 aromatic heterocycles. The molecule has 0 aliphatic heterocycles. The Balaban J connectivity index is 2.77. The molecule has 118 valence electrons. The van der Waals surface area contributed by atoms with Crippen LogP contribution in [-0.2, 0) is 14.3 Å². The molecule has 0 radical (unpaired) electrons. The summed E-state index contributed by atoms with van der Waals surface area (Å²) < 4.78 is 5.15. The van der Waals surface area contributed by atoms with Gasteiger partial charge < -0.3 is 9.84 Å². The van der Waals surface area contributed by atoms with Crippen molar-refractivity contribution in [3.8, 4) is 0 Å². The number of hydrogen-bond acceptors (Lipinski definition) is 4. The van der Waals surface area contributed by atoms with Crippen LogP contribution in [-0.4, -0.2) is 27.6 Å². The number of esters is 1. The van der Waals surface area contributed by atoms with Crippen molar-refractivity contribution in [1.82, 2.24) is 4.98 Å². The van der Waals surface area contributed by atoms with Crippen molar-refractivity contribution in [2.24, 2.45) is 0 Å². The molecule has 0 bridgehead atoms. The van der Waals surface area contributed by atoms with Crippen LogP contribution in [0.4, 0.5) is 0 Å². The summed E-state index contributed by atoms with van der Waals surface area (Å²) in [4.78, 5) is 26.7. The van der Waals surface area contributed by atoms with E-state index in [1.807, 2.05) is 0 Å². The molecule has 0 aliphatic carbocycles. The molecule has 0 amide bonds. The highest BCUT2D eigenvalue weighted by Gasteiger charge is 2.13. The van der Waals surface area contributed by atoms with E-state index in [0.29, 0.717) is 23.3 Å². The smallest absolute Gasteiger partial charge is 0.331 e. The summed E-state index contributed by atoms with van der Waals surface area (Å²) >= 11 is 0. The molecular formula is C17H21NO4. The Morgan fingerprint density at radius 1 is 1.32 bits per heavy atom. The van der Waals surface area contributed by atoms with Crippen LogP contribution < -0.4 is 0 Å². The summed E-state index contributed by atoms with van der Waals surface area (Å²) in [6, 6.07) is 3.46. The number of carbonyl (C=O) groups excluding carboxylic acids is 1. The number of ether oxygens (including phenoxy) is 1. The second-order valence-electron chi connectivity index (χ2n) is 5.71. The van der Waals surface area contributed by atoms with E-state index in [1.54, 1.807) is 58.2 Å². The minimum absolute atomic E-state index is 0.318. The predicted molar refractivity (Wildman–Crippen MR) is 85.0 cm³/mol. The van der Waals surface area contributed by atoms with E-state index in [1.165, 1.54) is 6.08 Å². The van der Waals surface area contributed by atoms with Crippen molar-refractivity contribution in [1.29, 1.82) is 0 Å². The lowest BCUT2D eigenvalue weighted by atomic mass is 10.1. The van der Waals surface area contributed by atoms with Gasteiger partial charge in [0.25, 0.3) is 0 Å². The average molecular weight is 303 g/mol. The molecule has 1 heterocycles. The van der Waals surface area contributed by atoms with Gasteiger partial charge in [0, 0.05) is 17.8 Å². The van der Waals surface area contributed by atoms with Crippen LogP contribution in [0.1, 0.15) is 45.4 Å². The number of nitrogens with zero attached hydrogens (tertiary/aromatic N) is 1. The van der Waals surface area contributed by atoms with Gasteiger partial charge >= 0.3 is 11.9 Å². The number of aliphatic carboxylic acids is 1. The minimum Gasteiger partial charge on any atom is -0.478 e. The maximum Gasteiger partial charge on any atom is 0.331 e. The van der Waals surface area contributed by atoms with Crippen LogP contribution in [0, 0.1) is 0 Å². The average Bonchev–Trinajstić information content (AvgIpc) is 2.41. The first kappa shape index (κ1) is 17.6. The Labute approximate surface area is 130 Å². The highest BCUT2D eigenvalue weighted by atomic mass is 16.6. The molecule has 0 fully saturated rings. The molecule has 0 aromatic carbocycles. The first-order valence-corrected chi connectivity index (χ1v) is 7.02. The lowest BCUT2D eigenvalue weighted by Gasteiger charge is -2.17. The van der Waals surface area contributed by atoms with Gasteiger partial charge in [0.15, 0.2) is 0 Å². The topological polar surface area (TPSA) is 76.5 Å². The fourth-order valence-corrected chi connectivity index (χ4v) is 1.61. The van der Waals surface area contributed by atoms with Crippen molar-refractivity contribution >= 4 is 24.1 Å². The van der Waals surface area contributed by atoms with E-state index >= 15 is 0 Å². The number of carboxylic acid groups (broad SMARTS) is 1. The van der Waals surface area contributed by atoms with E-state index in [-0.39, 0.29) is 0 Å². The van der Waals surface area contributed by atoms with E-state index in [2.05, 4.69) is 4.98 Å². The zero-order valence-electron chi connectivity index (χ0n) is 13.3. The van der Waals surface area contributed by atoms with E-state index in [4.69, 9.17) is 9.84 Å². The van der Waals surface area contributed by atoms with Crippen LogP contribution in [0.2, 0.25) is 0 Å². The summed E-state index contributed by atoms with van der Waals surface area (Å²) in [6.07, 6.45) is 6.46. The Morgan fingerprint density at radius 3 is 2.45 bits per heavy atom. The normalized spacial score (nSPS) is 12.5. The van der Waals surface area contributed by atoms with Crippen LogP contribution in [0.15, 0.2) is 30.0 Å². The third-order valence-corrected chi connectivity index (χ3v) is 2.60. The van der Waals surface area contributed by atoms with Crippen LogP contribution in [0.5, 0.6) is 0 Å². The third-order valence-electron chi connectivity index (χ3n) is 2.60. The van der Waals surface area contributed by atoms with Crippen molar-refractivity contribution in [2.75, 3.05) is 0 Å². The monoisotopic (exact) mass is 303 g/mol. The second kappa shape index (κ2) is 7.54. The highest BCUT2D eigenvalue weighted by Crippen LogP contribution is 2.11. The fourth-order valence-electron chi connectivity index (χ4n) is 1.61. The van der Waals surface area contributed by atoms with Gasteiger partial charge in [0.05, 0.1) is 5.69 Å². The SMILES string of the molecule is CCC(=Cc1ccc(C=CC(=O)OC(C)(C)C)nc1)C(=O)O. The van der Waals surface area contributed by atoms with Gasteiger partial charge in [-0.3, -0.25) is 4.98 Å². The van der Waals surface area contributed by atoms with Gasteiger partial charge in [-0.2, -0.15) is 0 Å². The molecule has 1 N–H and O–H groups in total. The Kier molecular flexibility index (Phi) is 6.04. The summed E-state index contributed by atoms with van der Waals surface area (Å²) in [5.41, 5.74) is 1.08. The third kappa shape index (κ3) is 6.35. The first-order chi connectivity index (χ1) is 10.2. The van der Waals surface area contributed by atoms with Crippen LogP contribution in [0.3, 0.4) is 0 Å². The van der Waals surface area contributed by atoms with Gasteiger partial charge in [0.2, 0.25) is 0 Å². The lowest BCUT2D eigenvalue weighted by Crippen LogP contribution is -2.22. The van der Waals surface area contributed by atoms with Crippen molar-refractivity contribution in [2.45, 2.75) is 39.7 Å². The molecule has 0 aliphatic rings. The molecule has 0 unspecified atom stereocenters. The molecule has 5 heteroatoms. The number of aromatic nitrogens is 1. The summed E-state index contributed by atoms with van der Waals surface area (Å²) in [5, 5.41) is 8.98. The van der Waals surface area contributed by atoms with Crippen molar-refractivity contribution in [3.63, 3.8) is 0 Å².